The number of carbonyl (C=O) groups is 3. The van der Waals surface area contributed by atoms with Crippen LogP contribution in [-0.4, -0.2) is 62.3 Å². The number of carbonyl (C=O) groups excluding carboxylic acids is 3. The third-order valence-corrected chi connectivity index (χ3v) is 5.44. The summed E-state index contributed by atoms with van der Waals surface area (Å²) in [5.41, 5.74) is 1.55. The number of nitrogens with zero attached hydrogens (tertiary/aromatic N) is 5. The maximum absolute atomic E-state index is 11.9. The average molecular weight is 508 g/mol. The minimum atomic E-state index is -1.12. The summed E-state index contributed by atoms with van der Waals surface area (Å²) < 4.78 is 23.5. The highest BCUT2D eigenvalue weighted by Gasteiger charge is 2.51. The first-order valence-corrected chi connectivity index (χ1v) is 11.3. The molecule has 0 amide bonds. The van der Waals surface area contributed by atoms with E-state index in [1.54, 1.807) is 0 Å². The molecule has 0 spiro atoms. The summed E-state index contributed by atoms with van der Waals surface area (Å²) in [6.07, 6.45) is -2.83. The van der Waals surface area contributed by atoms with Crippen LogP contribution in [0.3, 0.4) is 0 Å². The van der Waals surface area contributed by atoms with Crippen LogP contribution in [0.4, 0.5) is 5.82 Å². The standard InChI is InChI=1S/C24H24N6O7/c1-13(31)34-11-17-20(35-14(2)32)21(36-15(3)33)24(37-17)30-12-27-19-22(28-18(9-25)29-23(19)30)26-10-16-7-5-4-6-8-16/h4-8,12,17,20-21,24H,10-11H2,1-3H3,(H,26,28,29)/t17-,20-,21-,24-/m1/s1. The molecule has 2 aromatic heterocycles. The zero-order valence-electron chi connectivity index (χ0n) is 20.3. The lowest BCUT2D eigenvalue weighted by molar-refractivity contribution is -0.166. The van der Waals surface area contributed by atoms with Crippen molar-refractivity contribution in [3.8, 4) is 6.07 Å². The van der Waals surface area contributed by atoms with E-state index in [0.717, 1.165) is 5.56 Å². The minimum Gasteiger partial charge on any atom is -0.463 e. The summed E-state index contributed by atoms with van der Waals surface area (Å²) in [5, 5.41) is 12.7. The van der Waals surface area contributed by atoms with E-state index in [2.05, 4.69) is 20.3 Å². The highest BCUT2D eigenvalue weighted by Crippen LogP contribution is 2.36. The smallest absolute Gasteiger partial charge is 0.303 e. The SMILES string of the molecule is CC(=O)OC[C@H]1O[C@@H](n2cnc3c(NCc4ccccc4)nc(C#N)nc32)[C@H](OC(C)=O)[C@@H]1OC(C)=O. The second-order valence-electron chi connectivity index (χ2n) is 8.19. The molecule has 1 saturated heterocycles. The van der Waals surface area contributed by atoms with E-state index in [0.29, 0.717) is 17.9 Å². The number of rotatable bonds is 8. The highest BCUT2D eigenvalue weighted by molar-refractivity contribution is 5.83. The molecule has 13 nitrogen and oxygen atoms in total. The van der Waals surface area contributed by atoms with Gasteiger partial charge in [-0.05, 0) is 5.56 Å². The largest absolute Gasteiger partial charge is 0.463 e. The van der Waals surface area contributed by atoms with E-state index in [-0.39, 0.29) is 18.1 Å². The minimum absolute atomic E-state index is 0.125. The Kier molecular flexibility index (Phi) is 7.59. The van der Waals surface area contributed by atoms with E-state index in [1.807, 2.05) is 36.4 Å². The van der Waals surface area contributed by atoms with Gasteiger partial charge in [0, 0.05) is 27.3 Å². The van der Waals surface area contributed by atoms with Gasteiger partial charge >= 0.3 is 17.9 Å². The average Bonchev–Trinajstić information content (AvgIpc) is 3.42. The van der Waals surface area contributed by atoms with Crippen molar-refractivity contribution in [1.82, 2.24) is 19.5 Å². The molecule has 0 unspecified atom stereocenters. The molecule has 4 atom stereocenters. The van der Waals surface area contributed by atoms with Crippen molar-refractivity contribution < 1.29 is 33.3 Å². The third kappa shape index (κ3) is 5.81. The van der Waals surface area contributed by atoms with Gasteiger partial charge in [-0.15, -0.1) is 0 Å². The lowest BCUT2D eigenvalue weighted by Gasteiger charge is -2.23. The second-order valence-corrected chi connectivity index (χ2v) is 8.19. The van der Waals surface area contributed by atoms with E-state index in [4.69, 9.17) is 18.9 Å². The number of hydrogen-bond acceptors (Lipinski definition) is 12. The van der Waals surface area contributed by atoms with Crippen molar-refractivity contribution in [2.45, 2.75) is 51.9 Å². The Morgan fingerprint density at radius 3 is 2.41 bits per heavy atom. The van der Waals surface area contributed by atoms with Gasteiger partial charge < -0.3 is 24.3 Å². The molecule has 0 saturated carbocycles. The van der Waals surface area contributed by atoms with Crippen LogP contribution in [0.15, 0.2) is 36.7 Å². The van der Waals surface area contributed by atoms with Gasteiger partial charge in [-0.25, -0.2) is 4.98 Å². The second kappa shape index (κ2) is 11.0. The van der Waals surface area contributed by atoms with Crippen molar-refractivity contribution in [3.05, 3.63) is 48.0 Å². The van der Waals surface area contributed by atoms with Gasteiger partial charge in [-0.1, -0.05) is 30.3 Å². The fraction of sp³-hybridized carbons (Fsp3) is 0.375. The topological polar surface area (TPSA) is 168 Å². The molecule has 192 valence electrons. The maximum atomic E-state index is 11.9. The lowest BCUT2D eigenvalue weighted by atomic mass is 10.1. The van der Waals surface area contributed by atoms with Crippen LogP contribution in [0, 0.1) is 11.3 Å². The van der Waals surface area contributed by atoms with Crippen LogP contribution in [0.1, 0.15) is 38.4 Å². The van der Waals surface area contributed by atoms with Crippen molar-refractivity contribution in [2.24, 2.45) is 0 Å². The lowest BCUT2D eigenvalue weighted by Crippen LogP contribution is -2.40. The van der Waals surface area contributed by atoms with Gasteiger partial charge in [0.25, 0.3) is 0 Å². The van der Waals surface area contributed by atoms with Gasteiger partial charge in [0.1, 0.15) is 18.8 Å². The van der Waals surface area contributed by atoms with E-state index in [9.17, 15) is 19.6 Å². The molecule has 0 aliphatic carbocycles. The Morgan fingerprint density at radius 2 is 1.76 bits per heavy atom. The van der Waals surface area contributed by atoms with E-state index in [1.165, 1.54) is 31.7 Å². The number of anilines is 1. The molecular formula is C24H24N6O7. The zero-order chi connectivity index (χ0) is 26.5. The molecule has 0 bridgehead atoms. The summed E-state index contributed by atoms with van der Waals surface area (Å²) in [4.78, 5) is 48.1. The van der Waals surface area contributed by atoms with Gasteiger partial charge in [0.05, 0.1) is 6.33 Å². The van der Waals surface area contributed by atoms with Crippen LogP contribution in [0.2, 0.25) is 0 Å². The quantitative estimate of drug-likeness (QED) is 0.345. The van der Waals surface area contributed by atoms with Crippen molar-refractivity contribution in [2.75, 3.05) is 11.9 Å². The normalized spacial score (nSPS) is 20.7. The summed E-state index contributed by atoms with van der Waals surface area (Å²) in [7, 11) is 0. The zero-order valence-corrected chi connectivity index (χ0v) is 20.3. The highest BCUT2D eigenvalue weighted by atomic mass is 16.7. The number of aromatic nitrogens is 4. The Labute approximate surface area is 211 Å². The van der Waals surface area contributed by atoms with Crippen molar-refractivity contribution in [1.29, 1.82) is 5.26 Å². The number of esters is 3. The summed E-state index contributed by atoms with van der Waals surface area (Å²) in [5.74, 6) is -1.66. The molecule has 1 fully saturated rings. The molecule has 3 aromatic rings. The molecular weight excluding hydrogens is 484 g/mol. The van der Waals surface area contributed by atoms with Crippen LogP contribution in [-0.2, 0) is 39.9 Å². The van der Waals surface area contributed by atoms with Crippen molar-refractivity contribution >= 4 is 34.9 Å². The molecule has 0 radical (unpaired) electrons. The predicted molar refractivity (Wildman–Crippen MR) is 125 cm³/mol. The number of imidazole rings is 1. The fourth-order valence-electron chi connectivity index (χ4n) is 3.97. The van der Waals surface area contributed by atoms with Crippen LogP contribution < -0.4 is 5.32 Å². The monoisotopic (exact) mass is 508 g/mol. The third-order valence-electron chi connectivity index (χ3n) is 5.44. The molecule has 4 rings (SSSR count). The summed E-state index contributed by atoms with van der Waals surface area (Å²) in [6, 6.07) is 11.5. The first-order chi connectivity index (χ1) is 17.8. The van der Waals surface area contributed by atoms with Crippen molar-refractivity contribution in [3.63, 3.8) is 0 Å². The molecule has 1 aliphatic rings. The van der Waals surface area contributed by atoms with Gasteiger partial charge in [0.15, 0.2) is 35.4 Å². The molecule has 37 heavy (non-hydrogen) atoms. The molecule has 1 N–H and O–H groups in total. The summed E-state index contributed by atoms with van der Waals surface area (Å²) in [6.45, 7) is 3.79. The Bertz CT molecular complexity index is 1350. The Balaban J connectivity index is 1.73. The van der Waals surface area contributed by atoms with Crippen LogP contribution in [0.5, 0.6) is 0 Å². The predicted octanol–water partition coefficient (Wildman–Crippen LogP) is 1.63. The Hall–Kier alpha value is -4.57. The maximum Gasteiger partial charge on any atom is 0.303 e. The Morgan fingerprint density at radius 1 is 1.05 bits per heavy atom. The number of hydrogen-bond donors (Lipinski definition) is 1. The first kappa shape index (κ1) is 25.5. The van der Waals surface area contributed by atoms with E-state index >= 15 is 0 Å². The molecule has 1 aromatic carbocycles. The molecule has 1 aliphatic heterocycles. The molecule has 13 heteroatoms. The van der Waals surface area contributed by atoms with Crippen LogP contribution >= 0.6 is 0 Å². The number of nitrogens with one attached hydrogen (secondary N) is 1. The number of fused-ring (bicyclic) bond motifs is 1. The summed E-state index contributed by atoms with van der Waals surface area (Å²) >= 11 is 0. The van der Waals surface area contributed by atoms with Gasteiger partial charge in [-0.3, -0.25) is 19.0 Å². The number of benzene rings is 1. The first-order valence-electron chi connectivity index (χ1n) is 11.3. The van der Waals surface area contributed by atoms with Gasteiger partial charge in [0.2, 0.25) is 5.82 Å². The fourth-order valence-corrected chi connectivity index (χ4v) is 3.97. The van der Waals surface area contributed by atoms with Gasteiger partial charge in [-0.2, -0.15) is 15.2 Å². The number of nitriles is 1. The van der Waals surface area contributed by atoms with E-state index < -0.39 is 42.4 Å². The van der Waals surface area contributed by atoms with Crippen LogP contribution in [0.25, 0.3) is 11.2 Å². The number of ether oxygens (including phenoxy) is 4. The molecule has 3 heterocycles.